The summed E-state index contributed by atoms with van der Waals surface area (Å²) in [6.45, 7) is 9.63. The summed E-state index contributed by atoms with van der Waals surface area (Å²) in [6.07, 6.45) is 5.68. The topological polar surface area (TPSA) is 101 Å². The van der Waals surface area contributed by atoms with Gasteiger partial charge in [0.15, 0.2) is 0 Å². The van der Waals surface area contributed by atoms with E-state index in [0.29, 0.717) is 29.8 Å². The zero-order chi connectivity index (χ0) is 25.1. The van der Waals surface area contributed by atoms with Crippen LogP contribution in [0.2, 0.25) is 0 Å². The molecule has 4 unspecified atom stereocenters. The summed E-state index contributed by atoms with van der Waals surface area (Å²) >= 11 is 0. The van der Waals surface area contributed by atoms with Crippen molar-refractivity contribution in [1.82, 2.24) is 9.97 Å². The van der Waals surface area contributed by atoms with Crippen LogP contribution in [0.4, 0.5) is 10.1 Å². The average Bonchev–Trinajstić information content (AvgIpc) is 2.85. The highest BCUT2D eigenvalue weighted by atomic mass is 19.1. The van der Waals surface area contributed by atoms with Crippen LogP contribution < -0.4 is 11.1 Å². The fourth-order valence-electron chi connectivity index (χ4n) is 4.69. The maximum absolute atomic E-state index is 14.7. The number of nitrogens with one attached hydrogen (secondary N) is 1. The number of amides is 1. The summed E-state index contributed by atoms with van der Waals surface area (Å²) in [4.78, 5) is 21.8. The van der Waals surface area contributed by atoms with Gasteiger partial charge in [0.25, 0.3) is 5.91 Å². The fourth-order valence-corrected chi connectivity index (χ4v) is 4.69. The molecular formula is C28H29FN4O2. The molecule has 0 radical (unpaired) electrons. The fraction of sp³-hybridized carbons (Fsp3) is 0.250. The molecule has 4 atom stereocenters. The van der Waals surface area contributed by atoms with Gasteiger partial charge in [0, 0.05) is 23.7 Å². The maximum atomic E-state index is 14.7. The quantitative estimate of drug-likeness (QED) is 0.431. The molecule has 1 amide bonds. The minimum Gasteiger partial charge on any atom is -0.388 e. The molecule has 6 nitrogen and oxygen atoms in total. The molecule has 4 N–H and O–H groups in total. The molecule has 7 heteroatoms. The van der Waals surface area contributed by atoms with Crippen molar-refractivity contribution in [3.63, 3.8) is 0 Å². The Morgan fingerprint density at radius 1 is 1.29 bits per heavy atom. The number of pyridine rings is 2. The Morgan fingerprint density at radius 2 is 2.06 bits per heavy atom. The Kier molecular flexibility index (Phi) is 7.19. The number of nitrogens with zero attached hydrogens (tertiary/aromatic N) is 2. The van der Waals surface area contributed by atoms with Crippen molar-refractivity contribution in [2.24, 2.45) is 11.7 Å². The Hall–Kier alpha value is -3.68. The van der Waals surface area contributed by atoms with Crippen molar-refractivity contribution in [2.45, 2.75) is 37.8 Å². The minimum atomic E-state index is -0.616. The molecule has 0 saturated heterocycles. The van der Waals surface area contributed by atoms with Gasteiger partial charge in [0.1, 0.15) is 11.5 Å². The van der Waals surface area contributed by atoms with Gasteiger partial charge in [0.2, 0.25) is 0 Å². The van der Waals surface area contributed by atoms with Gasteiger partial charge >= 0.3 is 0 Å². The van der Waals surface area contributed by atoms with E-state index in [9.17, 15) is 14.3 Å². The molecule has 1 aromatic carbocycles. The van der Waals surface area contributed by atoms with E-state index < -0.39 is 23.9 Å². The van der Waals surface area contributed by atoms with E-state index >= 15 is 0 Å². The van der Waals surface area contributed by atoms with Crippen molar-refractivity contribution in [3.8, 4) is 11.3 Å². The number of aliphatic hydroxyl groups is 1. The number of benzene rings is 1. The van der Waals surface area contributed by atoms with E-state index in [1.807, 2.05) is 6.07 Å². The molecule has 1 fully saturated rings. The van der Waals surface area contributed by atoms with Gasteiger partial charge in [-0.2, -0.15) is 0 Å². The van der Waals surface area contributed by atoms with Gasteiger partial charge in [-0.1, -0.05) is 30.9 Å². The van der Waals surface area contributed by atoms with Crippen molar-refractivity contribution in [3.05, 3.63) is 102 Å². The smallest absolute Gasteiger partial charge is 0.274 e. The van der Waals surface area contributed by atoms with Crippen LogP contribution in [-0.4, -0.2) is 27.1 Å². The largest absolute Gasteiger partial charge is 0.388 e. The SMILES string of the molecule is C=CC1CC(c2ccncc2NC(=O)c2cccc(-c3c(F)cccc3C(C)N)n2)CC(=C)C1O. The number of aromatic nitrogens is 2. The Balaban J connectivity index is 1.63. The summed E-state index contributed by atoms with van der Waals surface area (Å²) in [5.74, 6) is -0.958. The van der Waals surface area contributed by atoms with E-state index in [4.69, 9.17) is 5.73 Å². The van der Waals surface area contributed by atoms with Gasteiger partial charge in [-0.15, -0.1) is 6.58 Å². The Morgan fingerprint density at radius 3 is 2.80 bits per heavy atom. The second-order valence-electron chi connectivity index (χ2n) is 8.96. The third-order valence-corrected chi connectivity index (χ3v) is 6.51. The number of carbonyl (C=O) groups is 1. The molecule has 1 aliphatic carbocycles. The van der Waals surface area contributed by atoms with Crippen LogP contribution in [0.15, 0.2) is 79.7 Å². The number of aliphatic hydroxyl groups excluding tert-OH is 1. The molecule has 0 bridgehead atoms. The number of carbonyl (C=O) groups excluding carboxylic acids is 1. The van der Waals surface area contributed by atoms with Crippen molar-refractivity contribution in [2.75, 3.05) is 5.32 Å². The lowest BCUT2D eigenvalue weighted by Crippen LogP contribution is -2.29. The molecule has 0 aliphatic heterocycles. The summed E-state index contributed by atoms with van der Waals surface area (Å²) in [5, 5.41) is 13.3. The number of nitrogens with two attached hydrogens (primary N) is 1. The molecule has 4 rings (SSSR count). The van der Waals surface area contributed by atoms with E-state index in [-0.39, 0.29) is 23.1 Å². The molecular weight excluding hydrogens is 443 g/mol. The summed E-state index contributed by atoms with van der Waals surface area (Å²) in [6, 6.07) is 11.1. The molecule has 0 spiro atoms. The molecule has 1 saturated carbocycles. The lowest BCUT2D eigenvalue weighted by Gasteiger charge is -2.34. The Labute approximate surface area is 204 Å². The summed E-state index contributed by atoms with van der Waals surface area (Å²) in [5.41, 5.74) is 9.61. The van der Waals surface area contributed by atoms with Crippen molar-refractivity contribution >= 4 is 11.6 Å². The van der Waals surface area contributed by atoms with Crippen LogP contribution in [0, 0.1) is 11.7 Å². The number of hydrogen-bond acceptors (Lipinski definition) is 5. The number of anilines is 1. The second kappa shape index (κ2) is 10.3. The molecule has 2 heterocycles. The predicted molar refractivity (Wildman–Crippen MR) is 135 cm³/mol. The monoisotopic (exact) mass is 472 g/mol. The third kappa shape index (κ3) is 5.06. The Bertz CT molecular complexity index is 1270. The van der Waals surface area contributed by atoms with E-state index in [2.05, 4.69) is 28.4 Å². The lowest BCUT2D eigenvalue weighted by molar-refractivity contribution is 0.102. The van der Waals surface area contributed by atoms with Crippen LogP contribution in [0.25, 0.3) is 11.3 Å². The molecule has 35 heavy (non-hydrogen) atoms. The number of hydrogen-bond donors (Lipinski definition) is 3. The van der Waals surface area contributed by atoms with Crippen LogP contribution in [-0.2, 0) is 0 Å². The van der Waals surface area contributed by atoms with Gasteiger partial charge < -0.3 is 16.2 Å². The lowest BCUT2D eigenvalue weighted by atomic mass is 9.74. The minimum absolute atomic E-state index is 0.0403. The van der Waals surface area contributed by atoms with E-state index in [1.165, 1.54) is 6.07 Å². The van der Waals surface area contributed by atoms with E-state index in [0.717, 1.165) is 11.1 Å². The molecule has 2 aromatic heterocycles. The highest BCUT2D eigenvalue weighted by Crippen LogP contribution is 2.41. The first-order chi connectivity index (χ1) is 16.8. The second-order valence-corrected chi connectivity index (χ2v) is 8.96. The van der Waals surface area contributed by atoms with Crippen LogP contribution in [0.3, 0.4) is 0 Å². The van der Waals surface area contributed by atoms with Crippen molar-refractivity contribution in [1.29, 1.82) is 0 Å². The first kappa shape index (κ1) is 24.4. The summed E-state index contributed by atoms with van der Waals surface area (Å²) in [7, 11) is 0. The average molecular weight is 473 g/mol. The first-order valence-corrected chi connectivity index (χ1v) is 11.5. The normalized spacial score (nSPS) is 20.8. The predicted octanol–water partition coefficient (Wildman–Crippen LogP) is 5.15. The third-order valence-electron chi connectivity index (χ3n) is 6.51. The van der Waals surface area contributed by atoms with Crippen LogP contribution in [0.5, 0.6) is 0 Å². The number of halogens is 1. The van der Waals surface area contributed by atoms with E-state index in [1.54, 1.807) is 55.7 Å². The summed E-state index contributed by atoms with van der Waals surface area (Å²) < 4.78 is 14.7. The highest BCUT2D eigenvalue weighted by Gasteiger charge is 2.32. The van der Waals surface area contributed by atoms with Crippen LogP contribution in [0.1, 0.15) is 53.3 Å². The first-order valence-electron chi connectivity index (χ1n) is 11.5. The highest BCUT2D eigenvalue weighted by molar-refractivity contribution is 6.03. The maximum Gasteiger partial charge on any atom is 0.274 e. The standard InChI is InChI=1S/C28H29FN4O2/c1-4-18-14-19(13-16(2)27(18)34)21-11-12-31-15-25(21)33-28(35)24-10-6-9-23(32-24)26-20(17(3)30)7-5-8-22(26)29/h4-12,15,17-19,27,34H,1-2,13-14,30H2,3H3,(H,33,35). The van der Waals surface area contributed by atoms with Crippen molar-refractivity contribution < 1.29 is 14.3 Å². The molecule has 180 valence electrons. The van der Waals surface area contributed by atoms with Gasteiger partial charge in [0.05, 0.1) is 23.7 Å². The zero-order valence-corrected chi connectivity index (χ0v) is 19.6. The molecule has 3 aromatic rings. The molecule has 1 aliphatic rings. The van der Waals surface area contributed by atoms with Crippen LogP contribution >= 0.6 is 0 Å². The van der Waals surface area contributed by atoms with Gasteiger partial charge in [-0.25, -0.2) is 9.37 Å². The zero-order valence-electron chi connectivity index (χ0n) is 19.6. The van der Waals surface area contributed by atoms with Gasteiger partial charge in [-0.05, 0) is 66.6 Å². The van der Waals surface area contributed by atoms with Gasteiger partial charge in [-0.3, -0.25) is 9.78 Å². The number of rotatable bonds is 6.